The largest absolute Gasteiger partial charge is 0.481 e. The highest BCUT2D eigenvalue weighted by molar-refractivity contribution is 5.83. The number of β-amino-alcohol motifs (C(OH)–C–C–N with tert-alkyl or cyclic N) is 1. The van der Waals surface area contributed by atoms with E-state index in [1.54, 1.807) is 4.90 Å². The molecule has 0 aromatic carbocycles. The van der Waals surface area contributed by atoms with Crippen LogP contribution in [0.15, 0.2) is 0 Å². The minimum atomic E-state index is -0.775. The van der Waals surface area contributed by atoms with Crippen LogP contribution in [0.2, 0.25) is 0 Å². The van der Waals surface area contributed by atoms with E-state index in [2.05, 4.69) is 5.32 Å². The first-order valence-corrected chi connectivity index (χ1v) is 6.43. The summed E-state index contributed by atoms with van der Waals surface area (Å²) in [7, 11) is 0. The Morgan fingerprint density at radius 1 is 1.33 bits per heavy atom. The number of piperidine rings is 1. The van der Waals surface area contributed by atoms with Crippen molar-refractivity contribution in [1.82, 2.24) is 10.2 Å². The van der Waals surface area contributed by atoms with E-state index in [0.717, 1.165) is 0 Å². The number of nitrogens with one attached hydrogen (secondary N) is 1. The number of aliphatic hydroxyl groups is 1. The average molecular weight is 256 g/mol. The Kier molecular flexibility index (Phi) is 3.87. The van der Waals surface area contributed by atoms with Crippen molar-refractivity contribution in [2.45, 2.75) is 44.4 Å². The molecular formula is C12H20N2O4. The number of hydrogen-bond donors (Lipinski definition) is 3. The van der Waals surface area contributed by atoms with Crippen LogP contribution in [0, 0.1) is 5.92 Å². The number of aliphatic hydroxyl groups excluding tert-OH is 1. The van der Waals surface area contributed by atoms with E-state index in [0.29, 0.717) is 32.4 Å². The molecule has 2 saturated heterocycles. The Morgan fingerprint density at radius 2 is 2.06 bits per heavy atom. The van der Waals surface area contributed by atoms with Crippen LogP contribution < -0.4 is 5.32 Å². The van der Waals surface area contributed by atoms with Gasteiger partial charge in [-0.05, 0) is 26.2 Å². The molecule has 2 rings (SSSR count). The van der Waals surface area contributed by atoms with Crippen molar-refractivity contribution in [3.63, 3.8) is 0 Å². The average Bonchev–Trinajstić information content (AvgIpc) is 2.74. The SMILES string of the molecule is CC1CC(C(=O)O)CCN1C(=O)C1CC(O)CN1. The summed E-state index contributed by atoms with van der Waals surface area (Å²) in [5.74, 6) is -1.13. The number of nitrogens with zero attached hydrogens (tertiary/aromatic N) is 1. The molecule has 4 atom stereocenters. The number of aliphatic carboxylic acids is 1. The highest BCUT2D eigenvalue weighted by atomic mass is 16.4. The van der Waals surface area contributed by atoms with Gasteiger partial charge < -0.3 is 20.4 Å². The van der Waals surface area contributed by atoms with Crippen LogP contribution in [0.25, 0.3) is 0 Å². The van der Waals surface area contributed by atoms with Gasteiger partial charge in [0.05, 0.1) is 18.1 Å². The van der Waals surface area contributed by atoms with Gasteiger partial charge in [0, 0.05) is 19.1 Å². The number of likely N-dealkylation sites (tertiary alicyclic amines) is 1. The second-order valence-corrected chi connectivity index (χ2v) is 5.29. The third kappa shape index (κ3) is 2.64. The van der Waals surface area contributed by atoms with Crippen molar-refractivity contribution in [2.75, 3.05) is 13.1 Å². The molecule has 0 radical (unpaired) electrons. The van der Waals surface area contributed by atoms with E-state index < -0.39 is 12.1 Å². The lowest BCUT2D eigenvalue weighted by Gasteiger charge is -2.37. The fraction of sp³-hybridized carbons (Fsp3) is 0.833. The summed E-state index contributed by atoms with van der Waals surface area (Å²) in [5, 5.41) is 21.4. The fourth-order valence-electron chi connectivity index (χ4n) is 2.83. The zero-order valence-electron chi connectivity index (χ0n) is 10.5. The second-order valence-electron chi connectivity index (χ2n) is 5.29. The number of carboxylic acids is 1. The molecule has 102 valence electrons. The number of amides is 1. The van der Waals surface area contributed by atoms with Crippen molar-refractivity contribution in [3.05, 3.63) is 0 Å². The van der Waals surface area contributed by atoms with Crippen molar-refractivity contribution in [2.24, 2.45) is 5.92 Å². The molecule has 3 N–H and O–H groups in total. The predicted octanol–water partition coefficient (Wildman–Crippen LogP) is -0.579. The maximum absolute atomic E-state index is 12.2. The minimum Gasteiger partial charge on any atom is -0.481 e. The predicted molar refractivity (Wildman–Crippen MR) is 63.9 cm³/mol. The second kappa shape index (κ2) is 5.24. The highest BCUT2D eigenvalue weighted by Crippen LogP contribution is 2.24. The first kappa shape index (κ1) is 13.3. The van der Waals surface area contributed by atoms with Crippen molar-refractivity contribution < 1.29 is 19.8 Å². The van der Waals surface area contributed by atoms with Crippen molar-refractivity contribution in [1.29, 1.82) is 0 Å². The molecule has 0 aliphatic carbocycles. The maximum Gasteiger partial charge on any atom is 0.306 e. The Morgan fingerprint density at radius 3 is 2.56 bits per heavy atom. The van der Waals surface area contributed by atoms with Gasteiger partial charge in [-0.3, -0.25) is 9.59 Å². The summed E-state index contributed by atoms with van der Waals surface area (Å²) >= 11 is 0. The molecular weight excluding hydrogens is 236 g/mol. The summed E-state index contributed by atoms with van der Waals surface area (Å²) < 4.78 is 0. The Labute approximate surface area is 106 Å². The monoisotopic (exact) mass is 256 g/mol. The molecule has 0 bridgehead atoms. The van der Waals surface area contributed by atoms with Crippen LogP contribution in [-0.2, 0) is 9.59 Å². The van der Waals surface area contributed by atoms with Crippen LogP contribution in [0.5, 0.6) is 0 Å². The van der Waals surface area contributed by atoms with E-state index in [1.165, 1.54) is 0 Å². The first-order valence-electron chi connectivity index (χ1n) is 6.43. The number of carboxylic acid groups (broad SMARTS) is 1. The van der Waals surface area contributed by atoms with Gasteiger partial charge in [-0.2, -0.15) is 0 Å². The number of rotatable bonds is 2. The normalized spacial score (nSPS) is 36.7. The summed E-state index contributed by atoms with van der Waals surface area (Å²) in [4.78, 5) is 24.9. The van der Waals surface area contributed by atoms with Gasteiger partial charge in [-0.1, -0.05) is 0 Å². The summed E-state index contributed by atoms with van der Waals surface area (Å²) in [6, 6.07) is -0.365. The molecule has 4 unspecified atom stereocenters. The summed E-state index contributed by atoms with van der Waals surface area (Å²) in [5.41, 5.74) is 0. The van der Waals surface area contributed by atoms with Crippen LogP contribution in [0.3, 0.4) is 0 Å². The molecule has 0 spiro atoms. The zero-order chi connectivity index (χ0) is 13.3. The van der Waals surface area contributed by atoms with E-state index in [9.17, 15) is 14.7 Å². The van der Waals surface area contributed by atoms with Gasteiger partial charge in [0.1, 0.15) is 0 Å². The fourth-order valence-corrected chi connectivity index (χ4v) is 2.83. The summed E-state index contributed by atoms with van der Waals surface area (Å²) in [6.45, 7) is 2.83. The molecule has 0 saturated carbocycles. The zero-order valence-corrected chi connectivity index (χ0v) is 10.5. The molecule has 2 heterocycles. The lowest BCUT2D eigenvalue weighted by atomic mass is 9.91. The van der Waals surface area contributed by atoms with Gasteiger partial charge in [-0.25, -0.2) is 0 Å². The highest BCUT2D eigenvalue weighted by Gasteiger charge is 2.37. The van der Waals surface area contributed by atoms with Gasteiger partial charge >= 0.3 is 5.97 Å². The molecule has 2 aliphatic heterocycles. The molecule has 18 heavy (non-hydrogen) atoms. The van der Waals surface area contributed by atoms with Crippen LogP contribution >= 0.6 is 0 Å². The minimum absolute atomic E-state index is 0.0112. The Hall–Kier alpha value is -1.14. The van der Waals surface area contributed by atoms with Gasteiger partial charge in [-0.15, -0.1) is 0 Å². The molecule has 2 aliphatic rings. The standard InChI is InChI=1S/C12H20N2O4/c1-7-4-8(12(17)18)2-3-14(7)11(16)10-5-9(15)6-13-10/h7-10,13,15H,2-6H2,1H3,(H,17,18). The topological polar surface area (TPSA) is 89.9 Å². The van der Waals surface area contributed by atoms with Crippen LogP contribution in [0.1, 0.15) is 26.2 Å². The molecule has 6 nitrogen and oxygen atoms in total. The lowest BCUT2D eigenvalue weighted by Crippen LogP contribution is -2.51. The lowest BCUT2D eigenvalue weighted by molar-refractivity contribution is -0.148. The van der Waals surface area contributed by atoms with Gasteiger partial charge in [0.15, 0.2) is 0 Å². The third-order valence-corrected chi connectivity index (χ3v) is 3.91. The number of carbonyl (C=O) groups excluding carboxylic acids is 1. The molecule has 2 fully saturated rings. The summed E-state index contributed by atoms with van der Waals surface area (Å²) in [6.07, 6.45) is 1.02. The Balaban J connectivity index is 1.94. The van der Waals surface area contributed by atoms with E-state index in [1.807, 2.05) is 6.92 Å². The number of hydrogen-bond acceptors (Lipinski definition) is 4. The van der Waals surface area contributed by atoms with Gasteiger partial charge in [0.25, 0.3) is 0 Å². The first-order chi connectivity index (χ1) is 8.49. The van der Waals surface area contributed by atoms with Gasteiger partial charge in [0.2, 0.25) is 5.91 Å². The number of carbonyl (C=O) groups is 2. The smallest absolute Gasteiger partial charge is 0.306 e. The van der Waals surface area contributed by atoms with E-state index in [4.69, 9.17) is 5.11 Å². The van der Waals surface area contributed by atoms with E-state index >= 15 is 0 Å². The quantitative estimate of drug-likeness (QED) is 0.615. The van der Waals surface area contributed by atoms with Crippen molar-refractivity contribution >= 4 is 11.9 Å². The molecule has 6 heteroatoms. The molecule has 1 amide bonds. The maximum atomic E-state index is 12.2. The Bertz CT molecular complexity index is 347. The van der Waals surface area contributed by atoms with E-state index in [-0.39, 0.29) is 23.9 Å². The molecule has 0 aromatic rings. The van der Waals surface area contributed by atoms with Crippen molar-refractivity contribution in [3.8, 4) is 0 Å². The van der Waals surface area contributed by atoms with Crippen LogP contribution in [0.4, 0.5) is 0 Å². The molecule has 0 aromatic heterocycles. The third-order valence-electron chi connectivity index (χ3n) is 3.91. The van der Waals surface area contributed by atoms with Crippen LogP contribution in [-0.4, -0.2) is 58.3 Å².